The molecular weight excluding hydrogens is 452 g/mol. The molecule has 2 aromatic carbocycles. The van der Waals surface area contributed by atoms with Crippen LogP contribution in [0.15, 0.2) is 57.9 Å². The first-order valence-electron chi connectivity index (χ1n) is 9.44. The summed E-state index contributed by atoms with van der Waals surface area (Å²) < 4.78 is 84.4. The van der Waals surface area contributed by atoms with E-state index in [0.717, 1.165) is 37.7 Å². The zero-order valence-corrected chi connectivity index (χ0v) is 17.1. The molecule has 32 heavy (non-hydrogen) atoms. The lowest BCUT2D eigenvalue weighted by molar-refractivity contribution is -0.0790. The van der Waals surface area contributed by atoms with Crippen molar-refractivity contribution in [3.63, 3.8) is 0 Å². The molecule has 2 heterocycles. The zero-order chi connectivity index (χ0) is 23.1. The highest BCUT2D eigenvalue weighted by Crippen LogP contribution is 2.30. The Balaban J connectivity index is 1.62. The molecule has 1 aromatic heterocycles. The van der Waals surface area contributed by atoms with Crippen LogP contribution in [0.25, 0.3) is 17.0 Å². The highest BCUT2D eigenvalue weighted by Gasteiger charge is 2.26. The summed E-state index contributed by atoms with van der Waals surface area (Å²) in [5.74, 6) is -2.26. The number of hydrogen-bond acceptors (Lipinski definition) is 5. The minimum absolute atomic E-state index is 0.00494. The molecule has 6 nitrogen and oxygen atoms in total. The van der Waals surface area contributed by atoms with Crippen LogP contribution in [0.3, 0.4) is 0 Å². The van der Waals surface area contributed by atoms with E-state index in [-0.39, 0.29) is 22.6 Å². The van der Waals surface area contributed by atoms with Gasteiger partial charge in [0.05, 0.1) is 10.3 Å². The monoisotopic (exact) mass is 468 g/mol. The molecule has 0 atom stereocenters. The topological polar surface area (TPSA) is 79.6 Å². The largest absolute Gasteiger partial charge is 0.451 e. The fraction of sp³-hybridized carbons (Fsp3) is 0.190. The average Bonchev–Trinajstić information content (AvgIpc) is 3.09. The molecule has 1 aliphatic heterocycles. The smallest absolute Gasteiger partial charge is 0.409 e. The van der Waals surface area contributed by atoms with Gasteiger partial charge in [-0.25, -0.2) is 17.5 Å². The third kappa shape index (κ3) is 4.47. The van der Waals surface area contributed by atoms with Crippen molar-refractivity contribution >= 4 is 38.7 Å². The third-order valence-electron chi connectivity index (χ3n) is 4.90. The van der Waals surface area contributed by atoms with Crippen LogP contribution < -0.4 is 9.62 Å². The SMILES string of the molecule is O=C(NS(=O)(=O)c1ccccc1/C=C/C(F)(F)F)c1cc2c(F)cc(N3CCC3)cc2o1. The Morgan fingerprint density at radius 2 is 1.84 bits per heavy atom. The van der Waals surface area contributed by atoms with Crippen molar-refractivity contribution in [2.75, 3.05) is 18.0 Å². The minimum Gasteiger partial charge on any atom is -0.451 e. The van der Waals surface area contributed by atoms with Crippen molar-refractivity contribution < 1.29 is 35.2 Å². The van der Waals surface area contributed by atoms with E-state index in [1.165, 1.54) is 18.2 Å². The molecule has 1 amide bonds. The predicted molar refractivity (Wildman–Crippen MR) is 109 cm³/mol. The summed E-state index contributed by atoms with van der Waals surface area (Å²) in [6.45, 7) is 1.53. The van der Waals surface area contributed by atoms with Gasteiger partial charge in [0.2, 0.25) is 0 Å². The van der Waals surface area contributed by atoms with Gasteiger partial charge in [-0.05, 0) is 30.2 Å². The number of nitrogens with one attached hydrogen (secondary N) is 1. The summed E-state index contributed by atoms with van der Waals surface area (Å²) in [6, 6.07) is 8.81. The lowest BCUT2D eigenvalue weighted by Gasteiger charge is -2.33. The molecule has 168 valence electrons. The molecule has 0 aliphatic carbocycles. The first kappa shape index (κ1) is 21.9. The Labute approximate surface area is 180 Å². The fourth-order valence-electron chi connectivity index (χ4n) is 3.23. The van der Waals surface area contributed by atoms with Gasteiger partial charge in [0.1, 0.15) is 11.4 Å². The Kier molecular flexibility index (Phi) is 5.45. The lowest BCUT2D eigenvalue weighted by Crippen LogP contribution is -2.36. The molecular formula is C21H16F4N2O4S. The number of anilines is 1. The van der Waals surface area contributed by atoms with Crippen molar-refractivity contribution in [3.8, 4) is 0 Å². The first-order valence-corrected chi connectivity index (χ1v) is 10.9. The molecule has 1 saturated heterocycles. The number of furan rings is 1. The summed E-state index contributed by atoms with van der Waals surface area (Å²) in [5.41, 5.74) is 0.392. The first-order chi connectivity index (χ1) is 15.0. The van der Waals surface area contributed by atoms with Crippen LogP contribution in [0.2, 0.25) is 0 Å². The van der Waals surface area contributed by atoms with Crippen LogP contribution >= 0.6 is 0 Å². The predicted octanol–water partition coefficient (Wildman–Crippen LogP) is 4.48. The molecule has 1 fully saturated rings. The molecule has 0 unspecified atom stereocenters. The number of halogens is 4. The van der Waals surface area contributed by atoms with Gasteiger partial charge in [-0.1, -0.05) is 18.2 Å². The number of fused-ring (bicyclic) bond motifs is 1. The number of alkyl halides is 3. The Hall–Kier alpha value is -3.34. The number of rotatable bonds is 5. The fourth-order valence-corrected chi connectivity index (χ4v) is 4.38. The summed E-state index contributed by atoms with van der Waals surface area (Å²) in [4.78, 5) is 13.9. The van der Waals surface area contributed by atoms with Crippen LogP contribution in [0, 0.1) is 5.82 Å². The second-order valence-electron chi connectivity index (χ2n) is 7.14. The Morgan fingerprint density at radius 3 is 2.50 bits per heavy atom. The molecule has 0 bridgehead atoms. The number of hydrogen-bond donors (Lipinski definition) is 1. The standard InChI is InChI=1S/C21H16F4N2O4S/c22-16-10-14(27-8-3-9-27)11-17-15(16)12-18(31-17)20(28)26-32(29,30)19-5-2-1-4-13(19)6-7-21(23,24)25/h1-2,4-7,10-12H,3,8-9H2,(H,26,28)/b7-6+. The zero-order valence-electron chi connectivity index (χ0n) is 16.3. The molecule has 4 rings (SSSR count). The number of benzene rings is 2. The lowest BCUT2D eigenvalue weighted by atomic mass is 10.1. The highest BCUT2D eigenvalue weighted by atomic mass is 32.2. The van der Waals surface area contributed by atoms with E-state index >= 15 is 0 Å². The van der Waals surface area contributed by atoms with E-state index < -0.39 is 38.6 Å². The second kappa shape index (κ2) is 7.97. The average molecular weight is 468 g/mol. The van der Waals surface area contributed by atoms with Crippen LogP contribution in [-0.2, 0) is 10.0 Å². The van der Waals surface area contributed by atoms with E-state index in [4.69, 9.17) is 4.42 Å². The Morgan fingerprint density at radius 1 is 1.12 bits per heavy atom. The van der Waals surface area contributed by atoms with Crippen molar-refractivity contribution in [1.29, 1.82) is 0 Å². The maximum absolute atomic E-state index is 14.4. The van der Waals surface area contributed by atoms with E-state index in [0.29, 0.717) is 11.8 Å². The van der Waals surface area contributed by atoms with E-state index in [2.05, 4.69) is 0 Å². The van der Waals surface area contributed by atoms with Crippen LogP contribution in [-0.4, -0.2) is 33.6 Å². The molecule has 11 heteroatoms. The second-order valence-corrected chi connectivity index (χ2v) is 8.79. The summed E-state index contributed by atoms with van der Waals surface area (Å²) in [6.07, 6.45) is -3.19. The number of sulfonamides is 1. The molecule has 0 saturated carbocycles. The summed E-state index contributed by atoms with van der Waals surface area (Å²) in [7, 11) is -4.55. The van der Waals surface area contributed by atoms with Gasteiger partial charge < -0.3 is 9.32 Å². The summed E-state index contributed by atoms with van der Waals surface area (Å²) >= 11 is 0. The van der Waals surface area contributed by atoms with E-state index in [1.807, 2.05) is 4.90 Å². The molecule has 1 aliphatic rings. The van der Waals surface area contributed by atoms with Gasteiger partial charge >= 0.3 is 12.1 Å². The van der Waals surface area contributed by atoms with E-state index in [1.54, 1.807) is 10.8 Å². The number of amides is 1. The van der Waals surface area contributed by atoms with Gasteiger partial charge in [0.15, 0.2) is 5.76 Å². The van der Waals surface area contributed by atoms with Gasteiger partial charge in [0, 0.05) is 37.0 Å². The molecule has 0 radical (unpaired) electrons. The molecule has 0 spiro atoms. The van der Waals surface area contributed by atoms with Gasteiger partial charge in [-0.2, -0.15) is 13.2 Å². The van der Waals surface area contributed by atoms with Crippen molar-refractivity contribution in [2.45, 2.75) is 17.5 Å². The maximum atomic E-state index is 14.4. The molecule has 1 N–H and O–H groups in total. The third-order valence-corrected chi connectivity index (χ3v) is 6.31. The minimum atomic E-state index is -4.65. The van der Waals surface area contributed by atoms with Crippen LogP contribution in [0.4, 0.5) is 23.2 Å². The van der Waals surface area contributed by atoms with E-state index in [9.17, 15) is 30.8 Å². The maximum Gasteiger partial charge on any atom is 0.409 e. The van der Waals surface area contributed by atoms with Crippen LogP contribution in [0.5, 0.6) is 0 Å². The number of nitrogens with zero attached hydrogens (tertiary/aromatic N) is 1. The Bertz CT molecular complexity index is 1330. The van der Waals surface area contributed by atoms with Crippen LogP contribution in [0.1, 0.15) is 22.5 Å². The van der Waals surface area contributed by atoms with Gasteiger partial charge in [-0.3, -0.25) is 4.79 Å². The van der Waals surface area contributed by atoms with Gasteiger partial charge in [-0.15, -0.1) is 0 Å². The van der Waals surface area contributed by atoms with Crippen molar-refractivity contribution in [2.24, 2.45) is 0 Å². The molecule has 3 aromatic rings. The number of carbonyl (C=O) groups is 1. The number of allylic oxidation sites excluding steroid dienone is 1. The summed E-state index contributed by atoms with van der Waals surface area (Å²) in [5, 5.41) is 0.00494. The van der Waals surface area contributed by atoms with Crippen molar-refractivity contribution in [1.82, 2.24) is 4.72 Å². The number of carbonyl (C=O) groups excluding carboxylic acids is 1. The normalized spacial score (nSPS) is 14.7. The quantitative estimate of drug-likeness (QED) is 0.559. The van der Waals surface area contributed by atoms with Crippen molar-refractivity contribution in [3.05, 3.63) is 65.7 Å². The van der Waals surface area contributed by atoms with Gasteiger partial charge in [0.25, 0.3) is 10.0 Å². The highest BCUT2D eigenvalue weighted by molar-refractivity contribution is 7.90.